The lowest BCUT2D eigenvalue weighted by Crippen LogP contribution is -2.49. The van der Waals surface area contributed by atoms with Gasteiger partial charge in [-0.25, -0.2) is 0 Å². The summed E-state index contributed by atoms with van der Waals surface area (Å²) >= 11 is 1.60. The molecule has 24 heavy (non-hydrogen) atoms. The summed E-state index contributed by atoms with van der Waals surface area (Å²) < 4.78 is 5.18. The first kappa shape index (κ1) is 16.2. The lowest BCUT2D eigenvalue weighted by Gasteiger charge is -2.29. The Bertz CT molecular complexity index is 783. The molecule has 3 rings (SSSR count). The standard InChI is InChI=1S/C17H15N3O3S/c18-10-14-11-20(6-7-23-14)17(22)16(21)19-13-4-1-3-12(9-13)15-5-2-8-24-15/h1-5,8-9,14H,6-7,11H2,(H,19,21)/t14-/m1/s1. The molecular formula is C17H15N3O3S. The number of hydrogen-bond donors (Lipinski definition) is 1. The SMILES string of the molecule is N#C[C@@H]1CN(C(=O)C(=O)Nc2cccc(-c3cccs3)c2)CCO1. The van der Waals surface area contributed by atoms with Crippen LogP contribution in [0.15, 0.2) is 41.8 Å². The highest BCUT2D eigenvalue weighted by Crippen LogP contribution is 2.26. The molecule has 1 fully saturated rings. The molecule has 0 radical (unpaired) electrons. The van der Waals surface area contributed by atoms with E-state index < -0.39 is 17.9 Å². The summed E-state index contributed by atoms with van der Waals surface area (Å²) in [6.45, 7) is 0.669. The second-order valence-electron chi connectivity index (χ2n) is 5.25. The average Bonchev–Trinajstić information content (AvgIpc) is 3.16. The number of hydrogen-bond acceptors (Lipinski definition) is 5. The summed E-state index contributed by atoms with van der Waals surface area (Å²) in [4.78, 5) is 26.8. The molecule has 0 unspecified atom stereocenters. The van der Waals surface area contributed by atoms with Crippen molar-refractivity contribution in [3.8, 4) is 16.5 Å². The summed E-state index contributed by atoms with van der Waals surface area (Å²) in [5.41, 5.74) is 1.54. The van der Waals surface area contributed by atoms with Gasteiger partial charge >= 0.3 is 11.8 Å². The number of carbonyl (C=O) groups is 2. The number of nitriles is 1. The van der Waals surface area contributed by atoms with E-state index in [0.29, 0.717) is 12.2 Å². The summed E-state index contributed by atoms with van der Waals surface area (Å²) in [5, 5.41) is 13.5. The highest BCUT2D eigenvalue weighted by atomic mass is 32.1. The van der Waals surface area contributed by atoms with Crippen LogP contribution in [0, 0.1) is 11.3 Å². The Morgan fingerprint density at radius 3 is 2.96 bits per heavy atom. The maximum atomic E-state index is 12.2. The molecule has 0 spiro atoms. The van der Waals surface area contributed by atoms with E-state index in [2.05, 4.69) is 5.32 Å². The van der Waals surface area contributed by atoms with Gasteiger partial charge < -0.3 is 15.0 Å². The molecule has 0 saturated carbocycles. The monoisotopic (exact) mass is 341 g/mol. The third-order valence-corrected chi connectivity index (χ3v) is 4.54. The van der Waals surface area contributed by atoms with Gasteiger partial charge in [0.05, 0.1) is 19.2 Å². The topological polar surface area (TPSA) is 82.4 Å². The zero-order valence-corrected chi connectivity index (χ0v) is 13.6. The van der Waals surface area contributed by atoms with E-state index in [9.17, 15) is 9.59 Å². The molecule has 122 valence electrons. The zero-order chi connectivity index (χ0) is 16.9. The Kier molecular flexibility index (Phi) is 4.89. The molecule has 2 aromatic rings. The van der Waals surface area contributed by atoms with Crippen molar-refractivity contribution in [1.82, 2.24) is 4.90 Å². The molecule has 0 bridgehead atoms. The molecule has 2 heterocycles. The van der Waals surface area contributed by atoms with Gasteiger partial charge in [-0.2, -0.15) is 5.26 Å². The van der Waals surface area contributed by atoms with Gasteiger partial charge in [-0.05, 0) is 29.1 Å². The van der Waals surface area contributed by atoms with Gasteiger partial charge in [0, 0.05) is 17.1 Å². The number of amides is 2. The van der Waals surface area contributed by atoms with Crippen LogP contribution in [0.4, 0.5) is 5.69 Å². The zero-order valence-electron chi connectivity index (χ0n) is 12.8. The highest BCUT2D eigenvalue weighted by molar-refractivity contribution is 7.13. The van der Waals surface area contributed by atoms with Crippen molar-refractivity contribution < 1.29 is 14.3 Å². The lowest BCUT2D eigenvalue weighted by atomic mass is 10.1. The second kappa shape index (κ2) is 7.25. The Balaban J connectivity index is 1.67. The predicted octanol–water partition coefficient (Wildman–Crippen LogP) is 2.10. The van der Waals surface area contributed by atoms with Gasteiger partial charge in [0.1, 0.15) is 0 Å². The van der Waals surface area contributed by atoms with Crippen LogP contribution >= 0.6 is 11.3 Å². The molecule has 1 aromatic heterocycles. The predicted molar refractivity (Wildman–Crippen MR) is 90.3 cm³/mol. The molecule has 1 aromatic carbocycles. The Morgan fingerprint density at radius 2 is 2.21 bits per heavy atom. The minimum atomic E-state index is -0.711. The normalized spacial score (nSPS) is 17.1. The maximum absolute atomic E-state index is 12.2. The number of thiophene rings is 1. The first-order chi connectivity index (χ1) is 11.7. The van der Waals surface area contributed by atoms with Gasteiger partial charge in [-0.1, -0.05) is 18.2 Å². The van der Waals surface area contributed by atoms with Crippen LogP contribution < -0.4 is 5.32 Å². The van der Waals surface area contributed by atoms with Gasteiger partial charge in [-0.15, -0.1) is 11.3 Å². The van der Waals surface area contributed by atoms with Crippen LogP contribution in [0.3, 0.4) is 0 Å². The molecule has 1 saturated heterocycles. The Labute approximate surface area is 143 Å². The van der Waals surface area contributed by atoms with Crippen molar-refractivity contribution in [2.75, 3.05) is 25.0 Å². The molecule has 1 atom stereocenters. The smallest absolute Gasteiger partial charge is 0.313 e. The van der Waals surface area contributed by atoms with Crippen molar-refractivity contribution >= 4 is 28.8 Å². The number of ether oxygens (including phenoxy) is 1. The van der Waals surface area contributed by atoms with Gasteiger partial charge in [-0.3, -0.25) is 9.59 Å². The van der Waals surface area contributed by atoms with Crippen molar-refractivity contribution in [2.45, 2.75) is 6.10 Å². The number of morpholine rings is 1. The van der Waals surface area contributed by atoms with E-state index in [1.165, 1.54) is 4.90 Å². The highest BCUT2D eigenvalue weighted by Gasteiger charge is 2.28. The van der Waals surface area contributed by atoms with E-state index in [-0.39, 0.29) is 13.2 Å². The van der Waals surface area contributed by atoms with E-state index in [1.807, 2.05) is 41.8 Å². The van der Waals surface area contributed by atoms with E-state index in [4.69, 9.17) is 10.00 Å². The molecule has 1 aliphatic heterocycles. The number of benzene rings is 1. The van der Waals surface area contributed by atoms with Gasteiger partial charge in [0.2, 0.25) is 0 Å². The number of rotatable bonds is 2. The Hall–Kier alpha value is -2.69. The van der Waals surface area contributed by atoms with Crippen LogP contribution in [0.2, 0.25) is 0 Å². The quantitative estimate of drug-likeness (QED) is 0.848. The number of carbonyl (C=O) groups excluding carboxylic acids is 2. The number of nitrogens with one attached hydrogen (secondary N) is 1. The van der Waals surface area contributed by atoms with Crippen LogP contribution in [-0.2, 0) is 14.3 Å². The molecule has 1 aliphatic rings. The Morgan fingerprint density at radius 1 is 1.33 bits per heavy atom. The van der Waals surface area contributed by atoms with Crippen molar-refractivity contribution in [1.29, 1.82) is 5.26 Å². The van der Waals surface area contributed by atoms with E-state index in [0.717, 1.165) is 10.4 Å². The number of anilines is 1. The third kappa shape index (κ3) is 3.62. The molecule has 7 heteroatoms. The van der Waals surface area contributed by atoms with E-state index in [1.54, 1.807) is 17.4 Å². The largest absolute Gasteiger partial charge is 0.360 e. The lowest BCUT2D eigenvalue weighted by molar-refractivity contribution is -0.147. The van der Waals surface area contributed by atoms with Crippen molar-refractivity contribution in [3.05, 3.63) is 41.8 Å². The first-order valence-electron chi connectivity index (χ1n) is 7.43. The van der Waals surface area contributed by atoms with Crippen LogP contribution in [0.1, 0.15) is 0 Å². The third-order valence-electron chi connectivity index (χ3n) is 3.62. The van der Waals surface area contributed by atoms with Crippen molar-refractivity contribution in [3.63, 3.8) is 0 Å². The van der Waals surface area contributed by atoms with Crippen LogP contribution in [0.5, 0.6) is 0 Å². The molecular weight excluding hydrogens is 326 g/mol. The molecule has 6 nitrogen and oxygen atoms in total. The summed E-state index contributed by atoms with van der Waals surface area (Å²) in [6, 6.07) is 13.2. The second-order valence-corrected chi connectivity index (χ2v) is 6.20. The molecule has 2 amide bonds. The average molecular weight is 341 g/mol. The fourth-order valence-electron chi connectivity index (χ4n) is 2.43. The molecule has 1 N–H and O–H groups in total. The summed E-state index contributed by atoms with van der Waals surface area (Å²) in [6.07, 6.45) is -0.683. The fraction of sp³-hybridized carbons (Fsp3) is 0.235. The van der Waals surface area contributed by atoms with Crippen LogP contribution in [0.25, 0.3) is 10.4 Å². The van der Waals surface area contributed by atoms with Gasteiger partial charge in [0.15, 0.2) is 6.10 Å². The first-order valence-corrected chi connectivity index (χ1v) is 8.31. The number of nitrogens with zero attached hydrogens (tertiary/aromatic N) is 2. The van der Waals surface area contributed by atoms with Gasteiger partial charge in [0.25, 0.3) is 0 Å². The summed E-state index contributed by atoms with van der Waals surface area (Å²) in [5.74, 6) is -1.36. The summed E-state index contributed by atoms with van der Waals surface area (Å²) in [7, 11) is 0. The fourth-order valence-corrected chi connectivity index (χ4v) is 3.16. The maximum Gasteiger partial charge on any atom is 0.313 e. The van der Waals surface area contributed by atoms with Crippen molar-refractivity contribution in [2.24, 2.45) is 0 Å². The minimum Gasteiger partial charge on any atom is -0.360 e. The van der Waals surface area contributed by atoms with E-state index >= 15 is 0 Å². The molecule has 0 aliphatic carbocycles. The van der Waals surface area contributed by atoms with Crippen LogP contribution in [-0.4, -0.2) is 42.5 Å². The minimum absolute atomic E-state index is 0.109.